The first-order chi connectivity index (χ1) is 3.93. The predicted molar refractivity (Wildman–Crippen MR) is 43.7 cm³/mol. The van der Waals surface area contributed by atoms with Gasteiger partial charge in [0.25, 0.3) is 0 Å². The van der Waals surface area contributed by atoms with Crippen molar-refractivity contribution in [1.29, 1.82) is 0 Å². The third-order valence-corrected chi connectivity index (χ3v) is 1.01. The normalized spacial score (nSPS) is 7.30. The van der Waals surface area contributed by atoms with Crippen LogP contribution in [0.1, 0.15) is 12.6 Å². The van der Waals surface area contributed by atoms with Gasteiger partial charge in [0.05, 0.1) is 0 Å². The Morgan fingerprint density at radius 3 is 2.50 bits per heavy atom. The molecule has 0 fully saturated rings. The molecule has 0 atom stereocenters. The Labute approximate surface area is 66.9 Å². The molecule has 0 saturated carbocycles. The molecule has 0 aliphatic heterocycles. The van der Waals surface area contributed by atoms with Crippen LogP contribution in [0.3, 0.4) is 0 Å². The molecule has 3 N–H and O–H groups in total. The van der Waals surface area contributed by atoms with Crippen LogP contribution < -0.4 is 6.15 Å². The summed E-state index contributed by atoms with van der Waals surface area (Å²) in [5, 5.41) is 0. The Morgan fingerprint density at radius 2 is 2.20 bits per heavy atom. The van der Waals surface area contributed by atoms with Gasteiger partial charge in [-0.3, -0.25) is 0 Å². The van der Waals surface area contributed by atoms with E-state index in [1.165, 1.54) is 0 Å². The van der Waals surface area contributed by atoms with Crippen molar-refractivity contribution in [3.63, 3.8) is 0 Å². The molecule has 0 aliphatic carbocycles. The van der Waals surface area contributed by atoms with E-state index in [1.807, 2.05) is 6.07 Å². The molecular weight excluding hydrogens is 150 g/mol. The van der Waals surface area contributed by atoms with Crippen LogP contribution in [0.2, 0.25) is 0 Å². The highest BCUT2D eigenvalue weighted by atomic mass is 35.5. The van der Waals surface area contributed by atoms with E-state index in [0.717, 1.165) is 12.1 Å². The minimum absolute atomic E-state index is 0. The van der Waals surface area contributed by atoms with Crippen molar-refractivity contribution in [2.45, 2.75) is 13.3 Å². The van der Waals surface area contributed by atoms with Gasteiger partial charge in [-0.1, -0.05) is 6.92 Å². The molecule has 0 aromatic carbocycles. The zero-order chi connectivity index (χ0) is 5.82. The topological polar surface area (TPSA) is 60.8 Å². The van der Waals surface area contributed by atoms with Crippen LogP contribution in [0.15, 0.2) is 18.6 Å². The van der Waals surface area contributed by atoms with Gasteiger partial charge in [0.1, 0.15) is 6.33 Å². The minimum Gasteiger partial charge on any atom is -0.344 e. The van der Waals surface area contributed by atoms with Crippen molar-refractivity contribution in [1.82, 2.24) is 16.1 Å². The Morgan fingerprint density at radius 1 is 1.50 bits per heavy atom. The quantitative estimate of drug-likeness (QED) is 0.681. The maximum absolute atomic E-state index is 3.99. The SMILES string of the molecule is CCc1ccncn1.Cl.N. The van der Waals surface area contributed by atoms with Gasteiger partial charge in [0, 0.05) is 11.9 Å². The van der Waals surface area contributed by atoms with Crippen molar-refractivity contribution in [3.8, 4) is 0 Å². The number of aryl methyl sites for hydroxylation is 1. The van der Waals surface area contributed by atoms with Crippen LogP contribution in [0.25, 0.3) is 0 Å². The van der Waals surface area contributed by atoms with E-state index in [9.17, 15) is 0 Å². The van der Waals surface area contributed by atoms with Gasteiger partial charge in [-0.15, -0.1) is 12.4 Å². The fourth-order valence-corrected chi connectivity index (χ4v) is 0.527. The summed E-state index contributed by atoms with van der Waals surface area (Å²) in [6.45, 7) is 2.07. The summed E-state index contributed by atoms with van der Waals surface area (Å²) in [6, 6.07) is 1.92. The highest BCUT2D eigenvalue weighted by molar-refractivity contribution is 5.85. The second-order valence-electron chi connectivity index (χ2n) is 1.55. The second kappa shape index (κ2) is 6.45. The van der Waals surface area contributed by atoms with E-state index < -0.39 is 0 Å². The number of nitrogens with zero attached hydrogens (tertiary/aromatic N) is 2. The van der Waals surface area contributed by atoms with Crippen LogP contribution >= 0.6 is 12.4 Å². The van der Waals surface area contributed by atoms with Crippen molar-refractivity contribution in [3.05, 3.63) is 24.3 Å². The van der Waals surface area contributed by atoms with E-state index in [-0.39, 0.29) is 18.6 Å². The molecule has 1 aromatic heterocycles. The van der Waals surface area contributed by atoms with E-state index in [0.29, 0.717) is 0 Å². The van der Waals surface area contributed by atoms with Crippen molar-refractivity contribution in [2.75, 3.05) is 0 Å². The number of aromatic nitrogens is 2. The zero-order valence-corrected chi connectivity index (χ0v) is 6.77. The Hall–Kier alpha value is -0.670. The minimum atomic E-state index is 0. The lowest BCUT2D eigenvalue weighted by Crippen LogP contribution is -1.84. The van der Waals surface area contributed by atoms with Crippen molar-refractivity contribution < 1.29 is 0 Å². The molecule has 0 spiro atoms. The second-order valence-corrected chi connectivity index (χ2v) is 1.55. The first kappa shape index (κ1) is 12.0. The molecule has 1 heterocycles. The summed E-state index contributed by atoms with van der Waals surface area (Å²) >= 11 is 0. The lowest BCUT2D eigenvalue weighted by Gasteiger charge is -1.88. The summed E-state index contributed by atoms with van der Waals surface area (Å²) in [6.07, 6.45) is 4.31. The molecule has 10 heavy (non-hydrogen) atoms. The highest BCUT2D eigenvalue weighted by Crippen LogP contribution is 1.88. The first-order valence-corrected chi connectivity index (χ1v) is 2.68. The lowest BCUT2D eigenvalue weighted by molar-refractivity contribution is 0.998. The van der Waals surface area contributed by atoms with E-state index in [4.69, 9.17) is 0 Å². The van der Waals surface area contributed by atoms with E-state index >= 15 is 0 Å². The third kappa shape index (κ3) is 3.37. The summed E-state index contributed by atoms with van der Waals surface area (Å²) < 4.78 is 0. The molecule has 3 nitrogen and oxygen atoms in total. The van der Waals surface area contributed by atoms with Gasteiger partial charge in [0.2, 0.25) is 0 Å². The monoisotopic (exact) mass is 161 g/mol. The Kier molecular flexibility index (Phi) is 7.77. The number of rotatable bonds is 1. The lowest BCUT2D eigenvalue weighted by atomic mass is 10.3. The Balaban J connectivity index is 0. The fraction of sp³-hybridized carbons (Fsp3) is 0.333. The van der Waals surface area contributed by atoms with Crippen LogP contribution in [-0.2, 0) is 6.42 Å². The molecule has 1 aromatic rings. The fourth-order valence-electron chi connectivity index (χ4n) is 0.527. The van der Waals surface area contributed by atoms with Gasteiger partial charge in [-0.2, -0.15) is 0 Å². The standard InChI is InChI=1S/C6H8N2.ClH.H3N/c1-2-6-3-4-7-5-8-6;;/h3-5H,2H2,1H3;1H;1H3. The van der Waals surface area contributed by atoms with Gasteiger partial charge < -0.3 is 6.15 Å². The predicted octanol–water partition coefficient (Wildman–Crippen LogP) is 1.62. The average Bonchev–Trinajstić information content (AvgIpc) is 1.90. The van der Waals surface area contributed by atoms with Gasteiger partial charge in [-0.05, 0) is 12.5 Å². The van der Waals surface area contributed by atoms with Crippen LogP contribution in [-0.4, -0.2) is 9.97 Å². The maximum Gasteiger partial charge on any atom is 0.115 e. The summed E-state index contributed by atoms with van der Waals surface area (Å²) in [5.41, 5.74) is 1.10. The van der Waals surface area contributed by atoms with Crippen LogP contribution in [0, 0.1) is 0 Å². The van der Waals surface area contributed by atoms with Gasteiger partial charge in [-0.25, -0.2) is 9.97 Å². The summed E-state index contributed by atoms with van der Waals surface area (Å²) in [5.74, 6) is 0. The van der Waals surface area contributed by atoms with Crippen molar-refractivity contribution in [2.24, 2.45) is 0 Å². The van der Waals surface area contributed by atoms with Crippen molar-refractivity contribution >= 4 is 12.4 Å². The molecule has 0 aliphatic rings. The Bertz CT molecular complexity index is 154. The third-order valence-electron chi connectivity index (χ3n) is 1.01. The average molecular weight is 162 g/mol. The molecule has 4 heteroatoms. The first-order valence-electron chi connectivity index (χ1n) is 2.68. The van der Waals surface area contributed by atoms with E-state index in [2.05, 4.69) is 16.9 Å². The highest BCUT2D eigenvalue weighted by Gasteiger charge is 1.82. The molecule has 1 rings (SSSR count). The van der Waals surface area contributed by atoms with Gasteiger partial charge in [0.15, 0.2) is 0 Å². The number of halogens is 1. The molecule has 58 valence electrons. The number of hydrogen-bond acceptors (Lipinski definition) is 3. The molecule has 0 amide bonds. The summed E-state index contributed by atoms with van der Waals surface area (Å²) in [4.78, 5) is 7.77. The number of hydrogen-bond donors (Lipinski definition) is 1. The largest absolute Gasteiger partial charge is 0.344 e. The summed E-state index contributed by atoms with van der Waals surface area (Å²) in [7, 11) is 0. The molecule has 0 unspecified atom stereocenters. The van der Waals surface area contributed by atoms with Gasteiger partial charge >= 0.3 is 0 Å². The molecular formula is C6H12ClN3. The molecule has 0 bridgehead atoms. The van der Waals surface area contributed by atoms with Crippen LogP contribution in [0.5, 0.6) is 0 Å². The van der Waals surface area contributed by atoms with Crippen LogP contribution in [0.4, 0.5) is 0 Å². The zero-order valence-electron chi connectivity index (χ0n) is 5.95. The maximum atomic E-state index is 3.99. The molecule has 0 saturated heterocycles. The smallest absolute Gasteiger partial charge is 0.115 e. The van der Waals surface area contributed by atoms with E-state index in [1.54, 1.807) is 12.5 Å². The molecule has 0 radical (unpaired) electrons.